The van der Waals surface area contributed by atoms with Gasteiger partial charge in [0.25, 0.3) is 0 Å². The molecule has 0 heterocycles. The number of phenols is 2. The Labute approximate surface area is 450 Å². The first-order valence-corrected chi connectivity index (χ1v) is 27.4. The Morgan fingerprint density at radius 2 is 0.760 bits per heavy atom. The molecule has 0 aliphatic heterocycles. The van der Waals surface area contributed by atoms with Gasteiger partial charge in [0.15, 0.2) is 34.8 Å². The molecule has 0 unspecified atom stereocenters. The van der Waals surface area contributed by atoms with E-state index in [9.17, 15) is 45.3 Å². The van der Waals surface area contributed by atoms with E-state index in [1.807, 2.05) is 142 Å². The molecule has 0 amide bonds. The molecule has 0 saturated heterocycles. The van der Waals surface area contributed by atoms with E-state index in [2.05, 4.69) is 23.1 Å². The van der Waals surface area contributed by atoms with E-state index in [1.54, 1.807) is 12.1 Å². The number of rotatable bonds is 14. The van der Waals surface area contributed by atoms with Gasteiger partial charge in [0, 0.05) is 45.5 Å². The van der Waals surface area contributed by atoms with E-state index in [1.165, 1.54) is 12.2 Å². The van der Waals surface area contributed by atoms with Crippen LogP contribution in [0.15, 0.2) is 120 Å². The fourth-order valence-corrected chi connectivity index (χ4v) is 7.65. The normalized spacial score (nSPS) is 11.9. The van der Waals surface area contributed by atoms with Crippen LogP contribution in [0, 0.1) is 46.5 Å². The molecule has 0 saturated carbocycles. The summed E-state index contributed by atoms with van der Waals surface area (Å²) in [5.41, 5.74) is 0.768. The van der Waals surface area contributed by atoms with E-state index in [-0.39, 0.29) is 35.8 Å². The van der Waals surface area contributed by atoms with Crippen molar-refractivity contribution < 1.29 is 71.8 Å². The molecular weight excluding hydrogens is 1060 g/mol. The molecule has 17 heteroatoms. The van der Waals surface area contributed by atoms with Crippen molar-refractivity contribution in [3.8, 4) is 23.0 Å². The Kier molecular flexibility index (Phi) is 21.2. The number of nitrogens with zero attached hydrogens (tertiary/aromatic N) is 2. The second-order valence-corrected chi connectivity index (χ2v) is 22.6. The molecule has 6 rings (SSSR count). The Balaban J connectivity index is 0.000000308. The monoisotopic (exact) mass is 1120 g/mol. The van der Waals surface area contributed by atoms with Gasteiger partial charge < -0.3 is 19.7 Å². The van der Waals surface area contributed by atoms with Gasteiger partial charge in [-0.2, -0.15) is 17.6 Å². The van der Waals surface area contributed by atoms with Crippen molar-refractivity contribution in [3.63, 3.8) is 0 Å². The van der Waals surface area contributed by atoms with Crippen molar-refractivity contribution in [2.24, 2.45) is 9.98 Å². The first-order chi connectivity index (χ1) is 35.0. The van der Waals surface area contributed by atoms with Crippen LogP contribution in [0.4, 0.5) is 46.5 Å². The van der Waals surface area contributed by atoms with Crippen LogP contribution in [0.3, 0.4) is 0 Å². The average molecular weight is 1120 g/mol. The van der Waals surface area contributed by atoms with Gasteiger partial charge in [0.05, 0.1) is 0 Å². The molecule has 6 nitrogen and oxygen atoms in total. The van der Waals surface area contributed by atoms with Crippen LogP contribution in [-0.2, 0) is 38.7 Å². The van der Waals surface area contributed by atoms with Gasteiger partial charge in [-0.1, -0.05) is 167 Å². The fraction of sp³-hybridized carbons (Fsp3) is 0.276. The Bertz CT molecular complexity index is 2800. The van der Waals surface area contributed by atoms with Gasteiger partial charge in [-0.15, -0.1) is 0 Å². The van der Waals surface area contributed by atoms with Crippen molar-refractivity contribution in [2.75, 3.05) is 13.2 Å². The molecule has 0 spiro atoms. The quantitative estimate of drug-likeness (QED) is 0.0374. The minimum atomic E-state index is -1.71. The summed E-state index contributed by atoms with van der Waals surface area (Å²) >= 11 is -0.556. The third-order valence-corrected chi connectivity index (χ3v) is 12.1. The Hall–Kier alpha value is -5.93. The summed E-state index contributed by atoms with van der Waals surface area (Å²) in [5, 5.41) is 22.0. The number of halogens is 10. The molecular formula is C58H58Cl2F8N2O4Ti. The zero-order valence-corrected chi connectivity index (χ0v) is 46.2. The van der Waals surface area contributed by atoms with Gasteiger partial charge in [-0.3, -0.25) is 0 Å². The maximum absolute atomic E-state index is 14.6. The Morgan fingerprint density at radius 3 is 1.01 bits per heavy atom. The van der Waals surface area contributed by atoms with Crippen molar-refractivity contribution >= 4 is 42.4 Å². The van der Waals surface area contributed by atoms with Crippen LogP contribution in [0.1, 0.15) is 114 Å². The topological polar surface area (TPSA) is 83.6 Å². The molecule has 0 atom stereocenters. The predicted octanol–water partition coefficient (Wildman–Crippen LogP) is 17.2. The Morgan fingerprint density at radius 1 is 0.480 bits per heavy atom. The second kappa shape index (κ2) is 25.7. The standard InChI is InChI=1S/2C29H29F4NO2.2ClH.Ti/c2*1-7-13-36-27-23(32)21(30)25(22(31)24(27)33)34-16-17-14-19(15-20(26(17)35)28(2,3)4)29(5,6)18-11-9-8-10-12-18;;;/h2*7-12,14-16,35H,1,13H2,2-6H3;2*1H;/q;;;;+2/p-2. The van der Waals surface area contributed by atoms with E-state index in [0.29, 0.717) is 11.1 Å². The van der Waals surface area contributed by atoms with Gasteiger partial charge in [0.1, 0.15) is 36.1 Å². The zero-order valence-electron chi connectivity index (χ0n) is 43.1. The number of hydrogen-bond donors (Lipinski definition) is 2. The van der Waals surface area contributed by atoms with Crippen LogP contribution in [0.25, 0.3) is 0 Å². The molecule has 0 aromatic heterocycles. The van der Waals surface area contributed by atoms with Gasteiger partial charge in [-0.25, -0.2) is 27.5 Å². The molecule has 0 aliphatic rings. The van der Waals surface area contributed by atoms with Gasteiger partial charge in [-0.05, 0) is 45.2 Å². The molecule has 0 radical (unpaired) electrons. The molecule has 0 bridgehead atoms. The first-order valence-electron chi connectivity index (χ1n) is 23.1. The van der Waals surface area contributed by atoms with E-state index < -0.39 is 108 Å². The van der Waals surface area contributed by atoms with Crippen molar-refractivity contribution in [3.05, 3.63) is 201 Å². The van der Waals surface area contributed by atoms with Crippen molar-refractivity contribution in [1.29, 1.82) is 0 Å². The summed E-state index contributed by atoms with van der Waals surface area (Å²) in [6, 6.07) is 26.4. The minimum absolute atomic E-state index is 0.146. The van der Waals surface area contributed by atoms with Crippen LogP contribution >= 0.6 is 18.6 Å². The van der Waals surface area contributed by atoms with Gasteiger partial charge >= 0.3 is 35.6 Å². The summed E-state index contributed by atoms with van der Waals surface area (Å²) < 4.78 is 126. The molecule has 75 heavy (non-hydrogen) atoms. The van der Waals surface area contributed by atoms with Crippen molar-refractivity contribution in [1.82, 2.24) is 0 Å². The van der Waals surface area contributed by atoms with E-state index >= 15 is 0 Å². The molecule has 398 valence electrons. The summed E-state index contributed by atoms with van der Waals surface area (Å²) in [6.45, 7) is 25.5. The summed E-state index contributed by atoms with van der Waals surface area (Å²) in [6.07, 6.45) is 4.36. The number of aliphatic imine (C=N–C) groups is 2. The first kappa shape index (κ1) is 61.6. The van der Waals surface area contributed by atoms with Crippen LogP contribution in [-0.4, -0.2) is 35.9 Å². The third kappa shape index (κ3) is 14.3. The number of aromatic hydroxyl groups is 2. The van der Waals surface area contributed by atoms with Gasteiger partial charge in [0.2, 0.25) is 23.3 Å². The van der Waals surface area contributed by atoms with Crippen LogP contribution < -0.4 is 9.47 Å². The second-order valence-electron chi connectivity index (χ2n) is 20.1. The average Bonchev–Trinajstić information content (AvgIpc) is 3.36. The van der Waals surface area contributed by atoms with Crippen molar-refractivity contribution in [2.45, 2.75) is 90.9 Å². The number of benzene rings is 6. The fourth-order valence-electron chi connectivity index (χ4n) is 7.65. The maximum atomic E-state index is 14.6. The number of hydrogen-bond acceptors (Lipinski definition) is 6. The van der Waals surface area contributed by atoms with E-state index in [4.69, 9.17) is 28.1 Å². The number of phenolic OH excluding ortho intramolecular Hbond substituents is 2. The van der Waals surface area contributed by atoms with E-state index in [0.717, 1.165) is 34.7 Å². The zero-order chi connectivity index (χ0) is 56.4. The molecule has 0 fully saturated rings. The SMILES string of the molecule is C=CCOc1c(F)c(F)c(N=Cc2cc(C(C)(C)c3ccccc3)cc(C(C)(C)C)c2O)c(F)c1F.C=CCOc1c(F)c(F)c(N=Cc2cc(C(C)(C)c3ccccc3)cc(C(C)(C)C)c2O)c(F)c1F.[Cl][Ti][Cl]. The summed E-state index contributed by atoms with van der Waals surface area (Å²) in [5.74, 6) is -16.3. The third-order valence-electron chi connectivity index (χ3n) is 12.1. The molecule has 2 N–H and O–H groups in total. The van der Waals surface area contributed by atoms with Crippen LogP contribution in [0.2, 0.25) is 0 Å². The molecule has 0 aliphatic carbocycles. The molecule has 6 aromatic rings. The summed E-state index contributed by atoms with van der Waals surface area (Å²) in [4.78, 5) is 7.42. The molecule has 6 aromatic carbocycles. The summed E-state index contributed by atoms with van der Waals surface area (Å²) in [7, 11) is 9.78. The predicted molar refractivity (Wildman–Crippen MR) is 281 cm³/mol. The number of ether oxygens (including phenoxy) is 2. The van der Waals surface area contributed by atoms with Crippen LogP contribution in [0.5, 0.6) is 23.0 Å².